The van der Waals surface area contributed by atoms with Gasteiger partial charge in [0.05, 0.1) is 10.7 Å². The lowest BCUT2D eigenvalue weighted by atomic mass is 10.0. The van der Waals surface area contributed by atoms with Crippen LogP contribution in [0, 0.1) is 6.92 Å². The third-order valence-corrected chi connectivity index (χ3v) is 4.39. The van der Waals surface area contributed by atoms with Crippen LogP contribution in [0.1, 0.15) is 5.69 Å². The molecule has 2 aromatic heterocycles. The zero-order valence-electron chi connectivity index (χ0n) is 12.4. The summed E-state index contributed by atoms with van der Waals surface area (Å²) in [5.74, 6) is 0. The van der Waals surface area contributed by atoms with Gasteiger partial charge < -0.3 is 0 Å². The molecule has 3 aromatic rings. The van der Waals surface area contributed by atoms with E-state index in [0.717, 1.165) is 28.1 Å². The lowest BCUT2D eigenvalue weighted by Crippen LogP contribution is -1.91. The maximum Gasteiger partial charge on any atom is 0.0796 e. The fourth-order valence-electron chi connectivity index (χ4n) is 2.27. The van der Waals surface area contributed by atoms with Crippen molar-refractivity contribution in [1.82, 2.24) is 9.97 Å². The van der Waals surface area contributed by atoms with Crippen molar-refractivity contribution >= 4 is 23.4 Å². The minimum absolute atomic E-state index is 0.632. The maximum atomic E-state index is 6.16. The van der Waals surface area contributed by atoms with Crippen LogP contribution in [-0.4, -0.2) is 16.2 Å². The van der Waals surface area contributed by atoms with E-state index in [1.165, 1.54) is 4.90 Å². The molecular weight excluding hydrogens is 311 g/mol. The average molecular weight is 326 g/mol. The summed E-state index contributed by atoms with van der Waals surface area (Å²) in [4.78, 5) is 10.1. The van der Waals surface area contributed by atoms with Gasteiger partial charge in [-0.1, -0.05) is 23.7 Å². The highest BCUT2D eigenvalue weighted by Crippen LogP contribution is 2.33. The topological polar surface area (TPSA) is 25.8 Å². The first-order valence-electron chi connectivity index (χ1n) is 6.90. The molecule has 22 heavy (non-hydrogen) atoms. The van der Waals surface area contributed by atoms with E-state index in [-0.39, 0.29) is 0 Å². The Labute approximate surface area is 139 Å². The zero-order chi connectivity index (χ0) is 15.5. The molecule has 0 aliphatic heterocycles. The van der Waals surface area contributed by atoms with Gasteiger partial charge in [-0.2, -0.15) is 0 Å². The number of thioether (sulfide) groups is 1. The van der Waals surface area contributed by atoms with E-state index in [2.05, 4.69) is 40.5 Å². The number of benzene rings is 1. The van der Waals surface area contributed by atoms with Crippen molar-refractivity contribution in [2.24, 2.45) is 0 Å². The quantitative estimate of drug-likeness (QED) is 0.595. The molecule has 0 N–H and O–H groups in total. The number of rotatable bonds is 3. The van der Waals surface area contributed by atoms with Gasteiger partial charge >= 0.3 is 0 Å². The molecule has 0 aliphatic rings. The second-order valence-electron chi connectivity index (χ2n) is 4.97. The highest BCUT2D eigenvalue weighted by atomic mass is 35.5. The maximum absolute atomic E-state index is 6.16. The SMILES string of the molecule is Cc1ccc(-c2ncc(Cl)cc2-c2ccc(S[11CH3])cc2)cn1. The van der Waals surface area contributed by atoms with Crippen molar-refractivity contribution in [2.75, 3.05) is 6.26 Å². The Balaban J connectivity index is 2.13. The molecule has 3 rings (SSSR count). The van der Waals surface area contributed by atoms with Crippen LogP contribution < -0.4 is 0 Å². The number of hydrogen-bond acceptors (Lipinski definition) is 3. The number of hydrogen-bond donors (Lipinski definition) is 0. The van der Waals surface area contributed by atoms with Crippen LogP contribution >= 0.6 is 23.4 Å². The Kier molecular flexibility index (Phi) is 4.46. The van der Waals surface area contributed by atoms with Gasteiger partial charge in [-0.3, -0.25) is 9.97 Å². The molecule has 110 valence electrons. The predicted molar refractivity (Wildman–Crippen MR) is 94.4 cm³/mol. The summed E-state index contributed by atoms with van der Waals surface area (Å²) in [6, 6.07) is 14.4. The number of halogens is 1. The van der Waals surface area contributed by atoms with Gasteiger partial charge in [0.15, 0.2) is 0 Å². The first kappa shape index (κ1) is 15.1. The summed E-state index contributed by atoms with van der Waals surface area (Å²) in [7, 11) is 0. The van der Waals surface area contributed by atoms with Gasteiger partial charge in [0, 0.05) is 34.1 Å². The molecular formula is C18H15ClN2S. The second-order valence-corrected chi connectivity index (χ2v) is 6.28. The fraction of sp³-hybridized carbons (Fsp3) is 0.111. The van der Waals surface area contributed by atoms with Crippen LogP contribution in [0.25, 0.3) is 22.4 Å². The van der Waals surface area contributed by atoms with Crippen LogP contribution in [-0.2, 0) is 0 Å². The molecule has 0 spiro atoms. The molecule has 0 saturated heterocycles. The van der Waals surface area contributed by atoms with Crippen LogP contribution in [0.15, 0.2) is 59.8 Å². The average Bonchev–Trinajstić information content (AvgIpc) is 2.56. The van der Waals surface area contributed by atoms with Crippen molar-refractivity contribution in [3.05, 3.63) is 65.6 Å². The number of nitrogens with zero attached hydrogens (tertiary/aromatic N) is 2. The van der Waals surface area contributed by atoms with Crippen molar-refractivity contribution < 1.29 is 0 Å². The molecule has 0 atom stereocenters. The van der Waals surface area contributed by atoms with Gasteiger partial charge in [-0.25, -0.2) is 0 Å². The number of aromatic nitrogens is 2. The van der Waals surface area contributed by atoms with E-state index < -0.39 is 0 Å². The third-order valence-electron chi connectivity index (χ3n) is 3.44. The van der Waals surface area contributed by atoms with E-state index in [9.17, 15) is 0 Å². The summed E-state index contributed by atoms with van der Waals surface area (Å²) < 4.78 is 0. The highest BCUT2D eigenvalue weighted by molar-refractivity contribution is 7.98. The van der Waals surface area contributed by atoms with Gasteiger partial charge in [0.2, 0.25) is 0 Å². The molecule has 0 unspecified atom stereocenters. The van der Waals surface area contributed by atoms with Crippen molar-refractivity contribution in [2.45, 2.75) is 11.8 Å². The first-order valence-corrected chi connectivity index (χ1v) is 8.50. The first-order chi connectivity index (χ1) is 10.7. The fourth-order valence-corrected chi connectivity index (χ4v) is 2.83. The highest BCUT2D eigenvalue weighted by Gasteiger charge is 2.10. The Morgan fingerprint density at radius 2 is 1.64 bits per heavy atom. The Morgan fingerprint density at radius 1 is 0.909 bits per heavy atom. The Morgan fingerprint density at radius 3 is 2.27 bits per heavy atom. The van der Waals surface area contributed by atoms with E-state index in [4.69, 9.17) is 11.6 Å². The van der Waals surface area contributed by atoms with E-state index in [1.807, 2.05) is 31.3 Å². The van der Waals surface area contributed by atoms with E-state index >= 15 is 0 Å². The van der Waals surface area contributed by atoms with Crippen LogP contribution in [0.5, 0.6) is 0 Å². The van der Waals surface area contributed by atoms with Gasteiger partial charge in [-0.15, -0.1) is 11.8 Å². The summed E-state index contributed by atoms with van der Waals surface area (Å²) in [5, 5.41) is 0.632. The van der Waals surface area contributed by atoms with Crippen molar-refractivity contribution in [3.8, 4) is 22.4 Å². The summed E-state index contributed by atoms with van der Waals surface area (Å²) in [5.41, 5.74) is 5.00. The van der Waals surface area contributed by atoms with Gasteiger partial charge in [-0.05, 0) is 49.1 Å². The standard InChI is InChI=1S/C18H15ClN2S/c1-12-3-4-14(10-20-12)18-17(9-15(19)11-21-18)13-5-7-16(22-2)8-6-13/h3-11H,1-2H3/i2-1. The lowest BCUT2D eigenvalue weighted by Gasteiger charge is -2.10. The Hall–Kier alpha value is -1.84. The molecule has 4 heteroatoms. The predicted octanol–water partition coefficient (Wildman–Crippen LogP) is 5.49. The number of aryl methyl sites for hydroxylation is 1. The van der Waals surface area contributed by atoms with Crippen molar-refractivity contribution in [3.63, 3.8) is 0 Å². The molecule has 1 aromatic carbocycles. The Bertz CT molecular complexity index is 783. The molecule has 0 radical (unpaired) electrons. The second kappa shape index (κ2) is 6.51. The molecule has 0 aliphatic carbocycles. The molecule has 0 saturated carbocycles. The van der Waals surface area contributed by atoms with Crippen LogP contribution in [0.2, 0.25) is 5.02 Å². The largest absolute Gasteiger partial charge is 0.261 e. The normalized spacial score (nSPS) is 10.7. The smallest absolute Gasteiger partial charge is 0.0796 e. The van der Waals surface area contributed by atoms with E-state index in [1.54, 1.807) is 18.0 Å². The molecule has 2 heterocycles. The minimum Gasteiger partial charge on any atom is -0.261 e. The van der Waals surface area contributed by atoms with Crippen molar-refractivity contribution in [1.29, 1.82) is 0 Å². The number of pyridine rings is 2. The minimum atomic E-state index is 0.632. The summed E-state index contributed by atoms with van der Waals surface area (Å²) in [6.45, 7) is 1.97. The lowest BCUT2D eigenvalue weighted by molar-refractivity contribution is 1.19. The van der Waals surface area contributed by atoms with Gasteiger partial charge in [0.1, 0.15) is 0 Å². The molecule has 0 amide bonds. The summed E-state index contributed by atoms with van der Waals surface area (Å²) >= 11 is 7.88. The van der Waals surface area contributed by atoms with Gasteiger partial charge in [0.25, 0.3) is 0 Å². The molecule has 2 nitrogen and oxygen atoms in total. The molecule has 0 fully saturated rings. The third kappa shape index (κ3) is 3.16. The van der Waals surface area contributed by atoms with Crippen LogP contribution in [0.4, 0.5) is 0 Å². The monoisotopic (exact) mass is 325 g/mol. The molecule has 0 bridgehead atoms. The summed E-state index contributed by atoms with van der Waals surface area (Å²) in [6.07, 6.45) is 5.60. The van der Waals surface area contributed by atoms with Crippen LogP contribution in [0.3, 0.4) is 0 Å². The zero-order valence-corrected chi connectivity index (χ0v) is 13.9. The van der Waals surface area contributed by atoms with E-state index in [0.29, 0.717) is 5.02 Å².